The number of rotatable bonds is 3. The van der Waals surface area contributed by atoms with Crippen LogP contribution in [-0.2, 0) is 0 Å². The third-order valence-electron chi connectivity index (χ3n) is 2.57. The standard InChI is InChI=1S/C13H14N2O/c1-8(2)12(16)11-9-6-4-5-7-10(9)15-13(11)14-3/h4-7,14-15H,1H2,2-3H3. The second-order valence-corrected chi connectivity index (χ2v) is 3.78. The minimum atomic E-state index is -0.0261. The zero-order chi connectivity index (χ0) is 11.7. The van der Waals surface area contributed by atoms with Crippen LogP contribution in [0, 0.1) is 0 Å². The molecule has 0 fully saturated rings. The first-order valence-electron chi connectivity index (χ1n) is 5.14. The summed E-state index contributed by atoms with van der Waals surface area (Å²) in [6.07, 6.45) is 0. The molecule has 3 nitrogen and oxygen atoms in total. The molecule has 2 N–H and O–H groups in total. The number of hydrogen-bond acceptors (Lipinski definition) is 2. The highest BCUT2D eigenvalue weighted by atomic mass is 16.1. The van der Waals surface area contributed by atoms with Gasteiger partial charge in [-0.25, -0.2) is 0 Å². The Labute approximate surface area is 94.2 Å². The first kappa shape index (κ1) is 10.5. The monoisotopic (exact) mass is 214 g/mol. The van der Waals surface area contributed by atoms with Crippen molar-refractivity contribution in [3.63, 3.8) is 0 Å². The fourth-order valence-corrected chi connectivity index (χ4v) is 1.78. The summed E-state index contributed by atoms with van der Waals surface area (Å²) in [6.45, 7) is 5.43. The average molecular weight is 214 g/mol. The van der Waals surface area contributed by atoms with Gasteiger partial charge in [-0.15, -0.1) is 0 Å². The summed E-state index contributed by atoms with van der Waals surface area (Å²) in [5.74, 6) is 0.719. The topological polar surface area (TPSA) is 44.9 Å². The van der Waals surface area contributed by atoms with E-state index >= 15 is 0 Å². The number of Topliss-reactive ketones (excluding diaryl/α,β-unsaturated/α-hetero) is 1. The van der Waals surface area contributed by atoms with Gasteiger partial charge in [0, 0.05) is 18.0 Å². The molecule has 0 saturated heterocycles. The predicted molar refractivity (Wildman–Crippen MR) is 67.0 cm³/mol. The van der Waals surface area contributed by atoms with Crippen molar-refractivity contribution in [3.05, 3.63) is 42.0 Å². The van der Waals surface area contributed by atoms with Crippen molar-refractivity contribution in [2.75, 3.05) is 12.4 Å². The minimum Gasteiger partial charge on any atom is -0.374 e. The van der Waals surface area contributed by atoms with Gasteiger partial charge in [0.2, 0.25) is 0 Å². The number of benzene rings is 1. The van der Waals surface area contributed by atoms with E-state index in [2.05, 4.69) is 16.9 Å². The third-order valence-corrected chi connectivity index (χ3v) is 2.57. The van der Waals surface area contributed by atoms with Crippen molar-refractivity contribution in [3.8, 4) is 0 Å². The molecule has 0 unspecified atom stereocenters. The van der Waals surface area contributed by atoms with Gasteiger partial charge in [0.25, 0.3) is 0 Å². The van der Waals surface area contributed by atoms with Crippen molar-refractivity contribution in [1.82, 2.24) is 4.98 Å². The van der Waals surface area contributed by atoms with Crippen LogP contribution in [0.1, 0.15) is 17.3 Å². The Bertz CT molecular complexity index is 566. The molecule has 1 heterocycles. The smallest absolute Gasteiger partial charge is 0.192 e. The van der Waals surface area contributed by atoms with Crippen LogP contribution in [0.3, 0.4) is 0 Å². The first-order chi connectivity index (χ1) is 7.65. The molecule has 1 aromatic heterocycles. The van der Waals surface area contributed by atoms with Gasteiger partial charge in [0.05, 0.1) is 5.56 Å². The molecule has 82 valence electrons. The summed E-state index contributed by atoms with van der Waals surface area (Å²) in [5, 5.41) is 3.93. The number of carbonyl (C=O) groups is 1. The Morgan fingerprint density at radius 1 is 1.38 bits per heavy atom. The number of para-hydroxylation sites is 1. The molecule has 0 aliphatic heterocycles. The van der Waals surface area contributed by atoms with Crippen molar-refractivity contribution in [1.29, 1.82) is 0 Å². The van der Waals surface area contributed by atoms with Gasteiger partial charge >= 0.3 is 0 Å². The van der Waals surface area contributed by atoms with Gasteiger partial charge in [-0.2, -0.15) is 0 Å². The van der Waals surface area contributed by atoms with Crippen LogP contribution in [0.4, 0.5) is 5.82 Å². The molecule has 0 bridgehead atoms. The molecule has 0 aliphatic carbocycles. The van der Waals surface area contributed by atoms with Gasteiger partial charge in [-0.05, 0) is 18.6 Å². The van der Waals surface area contributed by atoms with Gasteiger partial charge in [0.1, 0.15) is 5.82 Å². The number of carbonyl (C=O) groups excluding carboxylic acids is 1. The van der Waals surface area contributed by atoms with E-state index < -0.39 is 0 Å². The SMILES string of the molecule is C=C(C)C(=O)c1c(NC)[nH]c2ccccc12. The Kier molecular flexibility index (Phi) is 2.52. The van der Waals surface area contributed by atoms with Crippen molar-refractivity contribution < 1.29 is 4.79 Å². The number of aromatic amines is 1. The number of hydrogen-bond donors (Lipinski definition) is 2. The van der Waals surface area contributed by atoms with E-state index in [0.29, 0.717) is 11.1 Å². The maximum absolute atomic E-state index is 12.0. The Morgan fingerprint density at radius 3 is 2.69 bits per heavy atom. The van der Waals surface area contributed by atoms with Crippen LogP contribution < -0.4 is 5.32 Å². The van der Waals surface area contributed by atoms with Gasteiger partial charge in [-0.3, -0.25) is 4.79 Å². The van der Waals surface area contributed by atoms with Crippen LogP contribution in [0.2, 0.25) is 0 Å². The second-order valence-electron chi connectivity index (χ2n) is 3.78. The van der Waals surface area contributed by atoms with Crippen LogP contribution in [-0.4, -0.2) is 17.8 Å². The zero-order valence-electron chi connectivity index (χ0n) is 9.42. The van der Waals surface area contributed by atoms with E-state index in [4.69, 9.17) is 0 Å². The molecule has 0 spiro atoms. The summed E-state index contributed by atoms with van der Waals surface area (Å²) in [7, 11) is 1.79. The van der Waals surface area contributed by atoms with Crippen molar-refractivity contribution in [2.24, 2.45) is 0 Å². The Hall–Kier alpha value is -2.03. The quantitative estimate of drug-likeness (QED) is 0.609. The molecule has 3 heteroatoms. The first-order valence-corrected chi connectivity index (χ1v) is 5.14. The number of fused-ring (bicyclic) bond motifs is 1. The maximum atomic E-state index is 12.0. The van der Waals surface area contributed by atoms with E-state index in [1.165, 1.54) is 0 Å². The lowest BCUT2D eigenvalue weighted by molar-refractivity contribution is 0.103. The lowest BCUT2D eigenvalue weighted by Gasteiger charge is -2.02. The van der Waals surface area contributed by atoms with Crippen LogP contribution >= 0.6 is 0 Å². The van der Waals surface area contributed by atoms with E-state index in [9.17, 15) is 4.79 Å². The number of ketones is 1. The molecular formula is C13H14N2O. The van der Waals surface area contributed by atoms with Crippen LogP contribution in [0.5, 0.6) is 0 Å². The van der Waals surface area contributed by atoms with Crippen LogP contribution in [0.15, 0.2) is 36.4 Å². The molecular weight excluding hydrogens is 200 g/mol. The van der Waals surface area contributed by atoms with E-state index in [1.54, 1.807) is 14.0 Å². The lowest BCUT2D eigenvalue weighted by Crippen LogP contribution is -2.02. The fourth-order valence-electron chi connectivity index (χ4n) is 1.78. The van der Waals surface area contributed by atoms with Crippen LogP contribution in [0.25, 0.3) is 10.9 Å². The highest BCUT2D eigenvalue weighted by molar-refractivity contribution is 6.19. The number of H-pyrrole nitrogens is 1. The molecule has 0 saturated carbocycles. The normalized spacial score (nSPS) is 10.4. The van der Waals surface area contributed by atoms with E-state index in [0.717, 1.165) is 16.7 Å². The fraction of sp³-hybridized carbons (Fsp3) is 0.154. The van der Waals surface area contributed by atoms with Crippen molar-refractivity contribution in [2.45, 2.75) is 6.92 Å². The van der Waals surface area contributed by atoms with Gasteiger partial charge in [0.15, 0.2) is 5.78 Å². The molecule has 0 radical (unpaired) electrons. The summed E-state index contributed by atoms with van der Waals surface area (Å²) < 4.78 is 0. The number of nitrogens with one attached hydrogen (secondary N) is 2. The van der Waals surface area contributed by atoms with Gasteiger partial charge in [-0.1, -0.05) is 24.8 Å². The van der Waals surface area contributed by atoms with Gasteiger partial charge < -0.3 is 10.3 Å². The molecule has 1 aromatic carbocycles. The largest absolute Gasteiger partial charge is 0.374 e. The second kappa shape index (κ2) is 3.85. The maximum Gasteiger partial charge on any atom is 0.192 e. The zero-order valence-corrected chi connectivity index (χ0v) is 9.42. The summed E-state index contributed by atoms with van der Waals surface area (Å²) in [4.78, 5) is 15.2. The Morgan fingerprint density at radius 2 is 2.06 bits per heavy atom. The summed E-state index contributed by atoms with van der Waals surface area (Å²) in [5.41, 5.74) is 2.17. The number of aromatic nitrogens is 1. The average Bonchev–Trinajstić information content (AvgIpc) is 2.66. The molecule has 2 rings (SSSR count). The summed E-state index contributed by atoms with van der Waals surface area (Å²) in [6, 6.07) is 7.74. The highest BCUT2D eigenvalue weighted by Gasteiger charge is 2.17. The predicted octanol–water partition coefficient (Wildman–Crippen LogP) is 2.97. The third kappa shape index (κ3) is 1.50. The number of anilines is 1. The Balaban J connectivity index is 2.74. The van der Waals surface area contributed by atoms with Crippen molar-refractivity contribution >= 4 is 22.5 Å². The lowest BCUT2D eigenvalue weighted by atomic mass is 10.0. The minimum absolute atomic E-state index is 0.0261. The molecule has 0 atom stereocenters. The molecule has 0 aliphatic rings. The highest BCUT2D eigenvalue weighted by Crippen LogP contribution is 2.27. The van der Waals surface area contributed by atoms with E-state index in [1.807, 2.05) is 24.3 Å². The molecule has 16 heavy (non-hydrogen) atoms. The molecule has 2 aromatic rings. The van der Waals surface area contributed by atoms with E-state index in [-0.39, 0.29) is 5.78 Å². The number of allylic oxidation sites excluding steroid dienone is 1. The summed E-state index contributed by atoms with van der Waals surface area (Å²) >= 11 is 0. The molecule has 0 amide bonds.